The average molecular weight is 252 g/mol. The molecule has 2 aromatic rings. The number of hydrogen-bond donors (Lipinski definition) is 1. The molecule has 0 radical (unpaired) electrons. The highest BCUT2D eigenvalue weighted by molar-refractivity contribution is 5.71. The molecule has 2 atom stereocenters. The number of anilines is 2. The van der Waals surface area contributed by atoms with Gasteiger partial charge in [0.2, 0.25) is 0 Å². The van der Waals surface area contributed by atoms with Crippen molar-refractivity contribution in [3.05, 3.63) is 59.7 Å². The average Bonchev–Trinajstić information content (AvgIpc) is 2.74. The van der Waals surface area contributed by atoms with E-state index < -0.39 is 0 Å². The van der Waals surface area contributed by atoms with Gasteiger partial charge >= 0.3 is 0 Å². The van der Waals surface area contributed by atoms with Crippen LogP contribution < -0.4 is 10.6 Å². The SMILES string of the molecule is CC(N)c1ccc(N2c3ccccc3CC2C)cc1. The lowest BCUT2D eigenvalue weighted by molar-refractivity contribution is 0.758. The molecular formula is C17H20N2. The second kappa shape index (κ2) is 4.71. The molecule has 1 aliphatic rings. The molecule has 98 valence electrons. The van der Waals surface area contributed by atoms with E-state index >= 15 is 0 Å². The maximum Gasteiger partial charge on any atom is 0.0446 e. The van der Waals surface area contributed by atoms with Gasteiger partial charge in [0.15, 0.2) is 0 Å². The fourth-order valence-corrected chi connectivity index (χ4v) is 2.90. The first-order valence-electron chi connectivity index (χ1n) is 6.89. The Morgan fingerprint density at radius 3 is 2.47 bits per heavy atom. The lowest BCUT2D eigenvalue weighted by Crippen LogP contribution is -2.23. The summed E-state index contributed by atoms with van der Waals surface area (Å²) >= 11 is 0. The van der Waals surface area contributed by atoms with Crippen LogP contribution in [0.25, 0.3) is 0 Å². The molecule has 2 N–H and O–H groups in total. The molecule has 2 nitrogen and oxygen atoms in total. The van der Waals surface area contributed by atoms with Crippen LogP contribution in [-0.4, -0.2) is 6.04 Å². The van der Waals surface area contributed by atoms with Crippen molar-refractivity contribution in [1.82, 2.24) is 0 Å². The summed E-state index contributed by atoms with van der Waals surface area (Å²) in [5, 5.41) is 0. The van der Waals surface area contributed by atoms with Crippen molar-refractivity contribution >= 4 is 11.4 Å². The normalized spacial score (nSPS) is 19.3. The molecule has 0 saturated carbocycles. The Morgan fingerprint density at radius 2 is 1.79 bits per heavy atom. The zero-order valence-corrected chi connectivity index (χ0v) is 11.5. The van der Waals surface area contributed by atoms with E-state index in [0.29, 0.717) is 6.04 Å². The van der Waals surface area contributed by atoms with E-state index in [2.05, 4.69) is 60.4 Å². The summed E-state index contributed by atoms with van der Waals surface area (Å²) in [7, 11) is 0. The topological polar surface area (TPSA) is 29.3 Å². The van der Waals surface area contributed by atoms with Gasteiger partial charge in [-0.15, -0.1) is 0 Å². The molecule has 2 unspecified atom stereocenters. The molecule has 19 heavy (non-hydrogen) atoms. The molecule has 3 rings (SSSR count). The molecule has 2 aromatic carbocycles. The maximum absolute atomic E-state index is 5.91. The third-order valence-corrected chi connectivity index (χ3v) is 3.90. The van der Waals surface area contributed by atoms with E-state index in [1.807, 2.05) is 6.92 Å². The van der Waals surface area contributed by atoms with E-state index in [4.69, 9.17) is 5.73 Å². The number of benzene rings is 2. The first kappa shape index (κ1) is 12.2. The van der Waals surface area contributed by atoms with Crippen molar-refractivity contribution in [3.63, 3.8) is 0 Å². The van der Waals surface area contributed by atoms with Crippen LogP contribution >= 0.6 is 0 Å². The Morgan fingerprint density at radius 1 is 1.11 bits per heavy atom. The van der Waals surface area contributed by atoms with Gasteiger partial charge in [0.25, 0.3) is 0 Å². The molecule has 0 bridgehead atoms. The van der Waals surface area contributed by atoms with Gasteiger partial charge < -0.3 is 10.6 Å². The molecule has 2 heteroatoms. The molecule has 0 saturated heterocycles. The number of fused-ring (bicyclic) bond motifs is 1. The number of nitrogens with two attached hydrogens (primary N) is 1. The van der Waals surface area contributed by atoms with Gasteiger partial charge in [0.1, 0.15) is 0 Å². The maximum atomic E-state index is 5.91. The number of nitrogens with zero attached hydrogens (tertiary/aromatic N) is 1. The van der Waals surface area contributed by atoms with Crippen molar-refractivity contribution < 1.29 is 0 Å². The minimum absolute atomic E-state index is 0.0948. The summed E-state index contributed by atoms with van der Waals surface area (Å²) < 4.78 is 0. The third-order valence-electron chi connectivity index (χ3n) is 3.90. The molecule has 1 heterocycles. The monoisotopic (exact) mass is 252 g/mol. The Labute approximate surface area is 114 Å². The Hall–Kier alpha value is -1.80. The summed E-state index contributed by atoms with van der Waals surface area (Å²) in [4.78, 5) is 2.42. The van der Waals surface area contributed by atoms with Crippen LogP contribution in [0.5, 0.6) is 0 Å². The highest BCUT2D eigenvalue weighted by atomic mass is 15.2. The van der Waals surface area contributed by atoms with Crippen molar-refractivity contribution in [2.75, 3.05) is 4.90 Å². The molecule has 1 aliphatic heterocycles. The molecule has 0 fully saturated rings. The first-order chi connectivity index (χ1) is 9.16. The smallest absolute Gasteiger partial charge is 0.0446 e. The highest BCUT2D eigenvalue weighted by Gasteiger charge is 2.26. The zero-order chi connectivity index (χ0) is 13.4. The van der Waals surface area contributed by atoms with Crippen LogP contribution in [0.2, 0.25) is 0 Å². The van der Waals surface area contributed by atoms with Crippen molar-refractivity contribution in [2.24, 2.45) is 5.73 Å². The van der Waals surface area contributed by atoms with E-state index in [0.717, 1.165) is 6.42 Å². The molecule has 0 amide bonds. The van der Waals surface area contributed by atoms with Crippen molar-refractivity contribution in [2.45, 2.75) is 32.4 Å². The molecular weight excluding hydrogens is 232 g/mol. The number of rotatable bonds is 2. The second-order valence-corrected chi connectivity index (χ2v) is 5.43. The predicted octanol–water partition coefficient (Wildman–Crippen LogP) is 3.79. The highest BCUT2D eigenvalue weighted by Crippen LogP contribution is 2.38. The van der Waals surface area contributed by atoms with Crippen molar-refractivity contribution in [3.8, 4) is 0 Å². The number of para-hydroxylation sites is 1. The summed E-state index contributed by atoms with van der Waals surface area (Å²) in [5.74, 6) is 0. The quantitative estimate of drug-likeness (QED) is 0.881. The molecule has 0 spiro atoms. The largest absolute Gasteiger partial charge is 0.338 e. The van der Waals surface area contributed by atoms with Crippen LogP contribution in [0, 0.1) is 0 Å². The van der Waals surface area contributed by atoms with Crippen LogP contribution in [-0.2, 0) is 6.42 Å². The van der Waals surface area contributed by atoms with Crippen molar-refractivity contribution in [1.29, 1.82) is 0 Å². The molecule has 0 aromatic heterocycles. The minimum Gasteiger partial charge on any atom is -0.338 e. The van der Waals surface area contributed by atoms with E-state index in [1.165, 1.54) is 22.5 Å². The second-order valence-electron chi connectivity index (χ2n) is 5.43. The molecule has 0 aliphatic carbocycles. The van der Waals surface area contributed by atoms with Crippen LogP contribution in [0.1, 0.15) is 31.0 Å². The summed E-state index contributed by atoms with van der Waals surface area (Å²) in [5.41, 5.74) is 11.1. The van der Waals surface area contributed by atoms with E-state index in [1.54, 1.807) is 0 Å². The van der Waals surface area contributed by atoms with Crippen LogP contribution in [0.3, 0.4) is 0 Å². The Bertz CT molecular complexity index is 572. The Balaban J connectivity index is 1.98. The summed E-state index contributed by atoms with van der Waals surface area (Å²) in [6.45, 7) is 4.29. The van der Waals surface area contributed by atoms with Gasteiger partial charge in [-0.05, 0) is 49.6 Å². The fraction of sp³-hybridized carbons (Fsp3) is 0.294. The standard InChI is InChI=1S/C17H20N2/c1-12-11-15-5-3-4-6-17(15)19(12)16-9-7-14(8-10-16)13(2)18/h3-10,12-13H,11,18H2,1-2H3. The van der Waals surface area contributed by atoms with Gasteiger partial charge in [-0.2, -0.15) is 0 Å². The third kappa shape index (κ3) is 2.13. The summed E-state index contributed by atoms with van der Waals surface area (Å²) in [6, 6.07) is 17.9. The van der Waals surface area contributed by atoms with E-state index in [9.17, 15) is 0 Å². The number of hydrogen-bond acceptors (Lipinski definition) is 2. The van der Waals surface area contributed by atoms with Gasteiger partial charge in [0, 0.05) is 23.5 Å². The van der Waals surface area contributed by atoms with Gasteiger partial charge in [-0.25, -0.2) is 0 Å². The van der Waals surface area contributed by atoms with Crippen LogP contribution in [0.15, 0.2) is 48.5 Å². The minimum atomic E-state index is 0.0948. The fourth-order valence-electron chi connectivity index (χ4n) is 2.90. The van der Waals surface area contributed by atoms with Gasteiger partial charge in [-0.1, -0.05) is 30.3 Å². The van der Waals surface area contributed by atoms with E-state index in [-0.39, 0.29) is 6.04 Å². The zero-order valence-electron chi connectivity index (χ0n) is 11.5. The predicted molar refractivity (Wildman–Crippen MR) is 80.8 cm³/mol. The van der Waals surface area contributed by atoms with Gasteiger partial charge in [-0.3, -0.25) is 0 Å². The first-order valence-corrected chi connectivity index (χ1v) is 6.89. The lowest BCUT2D eigenvalue weighted by atomic mass is 10.1. The Kier molecular flexibility index (Phi) is 3.03. The summed E-state index contributed by atoms with van der Waals surface area (Å²) in [6.07, 6.45) is 1.12. The van der Waals surface area contributed by atoms with Gasteiger partial charge in [0.05, 0.1) is 0 Å². The van der Waals surface area contributed by atoms with Crippen LogP contribution in [0.4, 0.5) is 11.4 Å². The lowest BCUT2D eigenvalue weighted by Gasteiger charge is -2.25.